The van der Waals surface area contributed by atoms with E-state index >= 15 is 0 Å². The number of esters is 1. The second kappa shape index (κ2) is 9.77. The minimum atomic E-state index is -4.18. The van der Waals surface area contributed by atoms with Gasteiger partial charge in [-0.25, -0.2) is 18.4 Å². The van der Waals surface area contributed by atoms with Gasteiger partial charge in [0.2, 0.25) is 10.0 Å². The average molecular weight is 444 g/mol. The number of ether oxygens (including phenoxy) is 1. The zero-order valence-electron chi connectivity index (χ0n) is 16.0. The number of hydrogen-bond acceptors (Lipinski definition) is 7. The molecule has 11 heteroatoms. The maximum atomic E-state index is 12.6. The van der Waals surface area contributed by atoms with Crippen LogP contribution in [0, 0.1) is 0 Å². The summed E-state index contributed by atoms with van der Waals surface area (Å²) in [6, 6.07) is 5.69. The number of likely N-dealkylation sites (N-methyl/N-ethyl adjacent to an activating group) is 1. The van der Waals surface area contributed by atoms with Crippen molar-refractivity contribution in [3.63, 3.8) is 0 Å². The van der Waals surface area contributed by atoms with Crippen molar-refractivity contribution in [3.8, 4) is 0 Å². The fourth-order valence-corrected chi connectivity index (χ4v) is 3.65. The van der Waals surface area contributed by atoms with Crippen molar-refractivity contribution in [2.45, 2.75) is 25.3 Å². The van der Waals surface area contributed by atoms with Crippen molar-refractivity contribution in [1.82, 2.24) is 4.90 Å². The summed E-state index contributed by atoms with van der Waals surface area (Å²) in [6.45, 7) is 4.27. The normalized spacial score (nSPS) is 11.2. The number of rotatable bonds is 9. The van der Waals surface area contributed by atoms with Crippen molar-refractivity contribution in [2.24, 2.45) is 5.14 Å². The van der Waals surface area contributed by atoms with Crippen LogP contribution >= 0.6 is 11.6 Å². The predicted molar refractivity (Wildman–Crippen MR) is 107 cm³/mol. The molecule has 0 radical (unpaired) electrons. The summed E-state index contributed by atoms with van der Waals surface area (Å²) in [7, 11) is -4.18. The summed E-state index contributed by atoms with van der Waals surface area (Å²) in [5.74, 6) is -0.684. The van der Waals surface area contributed by atoms with E-state index in [1.165, 1.54) is 17.2 Å². The molecule has 0 saturated carbocycles. The monoisotopic (exact) mass is 443 g/mol. The smallest absolute Gasteiger partial charge is 0.340 e. The van der Waals surface area contributed by atoms with Gasteiger partial charge in [-0.15, -0.1) is 0 Å². The SMILES string of the molecule is CCN(CC)C(=O)COC(=O)c1cc(S(N)(=O)=O)c(Cl)cc1NCc1ccco1. The zero-order chi connectivity index (χ0) is 21.6. The molecule has 0 atom stereocenters. The molecule has 0 saturated heterocycles. The number of primary sulfonamides is 1. The third-order valence-electron chi connectivity index (χ3n) is 4.07. The average Bonchev–Trinajstić information content (AvgIpc) is 3.18. The topological polar surface area (TPSA) is 132 Å². The molecule has 0 unspecified atom stereocenters. The van der Waals surface area contributed by atoms with Gasteiger partial charge < -0.3 is 19.4 Å². The first-order chi connectivity index (χ1) is 13.7. The molecule has 0 fully saturated rings. The highest BCUT2D eigenvalue weighted by Crippen LogP contribution is 2.29. The number of amides is 1. The highest BCUT2D eigenvalue weighted by Gasteiger charge is 2.23. The Kier molecular flexibility index (Phi) is 7.66. The predicted octanol–water partition coefficient (Wildman–Crippen LogP) is 2.22. The lowest BCUT2D eigenvalue weighted by molar-refractivity contribution is -0.134. The lowest BCUT2D eigenvalue weighted by Crippen LogP contribution is -2.34. The lowest BCUT2D eigenvalue weighted by atomic mass is 10.1. The molecule has 0 aliphatic heterocycles. The van der Waals surface area contributed by atoms with Gasteiger partial charge in [0.05, 0.1) is 29.1 Å². The Bertz CT molecular complexity index is 972. The number of halogens is 1. The number of sulfonamides is 1. The Morgan fingerprint density at radius 3 is 2.52 bits per heavy atom. The largest absolute Gasteiger partial charge is 0.467 e. The highest BCUT2D eigenvalue weighted by atomic mass is 35.5. The van der Waals surface area contributed by atoms with Crippen LogP contribution in [0.1, 0.15) is 30.0 Å². The highest BCUT2D eigenvalue weighted by molar-refractivity contribution is 7.89. The van der Waals surface area contributed by atoms with Crippen LogP contribution in [-0.2, 0) is 26.1 Å². The molecular weight excluding hydrogens is 422 g/mol. The van der Waals surface area contributed by atoms with E-state index in [0.717, 1.165) is 6.07 Å². The summed E-state index contributed by atoms with van der Waals surface area (Å²) >= 11 is 6.02. The zero-order valence-corrected chi connectivity index (χ0v) is 17.5. The first kappa shape index (κ1) is 22.7. The van der Waals surface area contributed by atoms with Crippen molar-refractivity contribution < 1.29 is 27.2 Å². The number of nitrogens with two attached hydrogens (primary N) is 1. The van der Waals surface area contributed by atoms with E-state index in [9.17, 15) is 18.0 Å². The van der Waals surface area contributed by atoms with Crippen molar-refractivity contribution in [3.05, 3.63) is 46.9 Å². The number of nitrogens with one attached hydrogen (secondary N) is 1. The summed E-state index contributed by atoms with van der Waals surface area (Å²) in [5, 5.41) is 7.94. The van der Waals surface area contributed by atoms with Crippen LogP contribution in [-0.4, -0.2) is 44.9 Å². The Hall–Kier alpha value is -2.56. The second-order valence-corrected chi connectivity index (χ2v) is 7.89. The molecule has 0 spiro atoms. The van der Waals surface area contributed by atoms with Crippen molar-refractivity contribution in [1.29, 1.82) is 0 Å². The molecule has 29 heavy (non-hydrogen) atoms. The van der Waals surface area contributed by atoms with Crippen LogP contribution in [0.25, 0.3) is 0 Å². The second-order valence-electron chi connectivity index (χ2n) is 5.95. The van der Waals surface area contributed by atoms with Gasteiger partial charge in [-0.05, 0) is 38.1 Å². The number of hydrogen-bond donors (Lipinski definition) is 2. The number of carbonyl (C=O) groups is 2. The van der Waals surface area contributed by atoms with E-state index < -0.39 is 27.5 Å². The first-order valence-corrected chi connectivity index (χ1v) is 10.7. The van der Waals surface area contributed by atoms with Gasteiger partial charge >= 0.3 is 5.97 Å². The molecule has 0 bridgehead atoms. The summed E-state index contributed by atoms with van der Waals surface area (Å²) in [5.41, 5.74) is 0.0800. The molecule has 1 heterocycles. The number of benzene rings is 1. The van der Waals surface area contributed by atoms with Crippen LogP contribution in [0.3, 0.4) is 0 Å². The molecule has 2 rings (SSSR count). The van der Waals surface area contributed by atoms with Crippen LogP contribution < -0.4 is 10.5 Å². The molecule has 0 aliphatic rings. The molecule has 0 aliphatic carbocycles. The van der Waals surface area contributed by atoms with E-state index in [1.54, 1.807) is 26.0 Å². The van der Waals surface area contributed by atoms with E-state index in [1.807, 2.05) is 0 Å². The maximum absolute atomic E-state index is 12.6. The molecule has 158 valence electrons. The lowest BCUT2D eigenvalue weighted by Gasteiger charge is -2.19. The molecular formula is C18H22ClN3O6S. The Balaban J connectivity index is 2.30. The van der Waals surface area contributed by atoms with Crippen molar-refractivity contribution in [2.75, 3.05) is 25.0 Å². The van der Waals surface area contributed by atoms with E-state index in [0.29, 0.717) is 18.8 Å². The van der Waals surface area contributed by atoms with E-state index in [4.69, 9.17) is 25.9 Å². The first-order valence-electron chi connectivity index (χ1n) is 8.74. The number of nitrogens with zero attached hydrogens (tertiary/aromatic N) is 1. The number of anilines is 1. The Morgan fingerprint density at radius 2 is 1.97 bits per heavy atom. The van der Waals surface area contributed by atoms with Gasteiger partial charge in [0, 0.05) is 13.1 Å². The maximum Gasteiger partial charge on any atom is 0.340 e. The minimum absolute atomic E-state index is 0.127. The van der Waals surface area contributed by atoms with Gasteiger partial charge in [0.15, 0.2) is 6.61 Å². The van der Waals surface area contributed by atoms with Crippen LogP contribution in [0.5, 0.6) is 0 Å². The van der Waals surface area contributed by atoms with Gasteiger partial charge in [-0.2, -0.15) is 0 Å². The van der Waals surface area contributed by atoms with Gasteiger partial charge in [0.25, 0.3) is 5.91 Å². The van der Waals surface area contributed by atoms with E-state index in [2.05, 4.69) is 5.32 Å². The fraction of sp³-hybridized carbons (Fsp3) is 0.333. The van der Waals surface area contributed by atoms with Gasteiger partial charge in [-0.1, -0.05) is 11.6 Å². The third kappa shape index (κ3) is 5.96. The quantitative estimate of drug-likeness (QED) is 0.568. The van der Waals surface area contributed by atoms with Crippen LogP contribution in [0.4, 0.5) is 5.69 Å². The molecule has 3 N–H and O–H groups in total. The molecule has 2 aromatic rings. The Labute approximate surface area is 173 Å². The summed E-state index contributed by atoms with van der Waals surface area (Å²) in [4.78, 5) is 25.7. The van der Waals surface area contributed by atoms with Crippen LogP contribution in [0.15, 0.2) is 39.8 Å². The standard InChI is InChI=1S/C18H22ClN3O6S/c1-3-22(4-2)17(23)11-28-18(24)13-8-16(29(20,25)26)14(19)9-15(13)21-10-12-6-5-7-27-12/h5-9,21H,3-4,10-11H2,1-2H3,(H2,20,25,26). The number of furan rings is 1. The van der Waals surface area contributed by atoms with Gasteiger partial charge in [-0.3, -0.25) is 4.79 Å². The molecule has 1 amide bonds. The Morgan fingerprint density at radius 1 is 1.28 bits per heavy atom. The number of carbonyl (C=O) groups excluding carboxylic acids is 2. The molecule has 1 aromatic carbocycles. The van der Waals surface area contributed by atoms with Crippen LogP contribution in [0.2, 0.25) is 5.02 Å². The molecule has 9 nitrogen and oxygen atoms in total. The van der Waals surface area contributed by atoms with Gasteiger partial charge in [0.1, 0.15) is 10.7 Å². The molecule has 1 aromatic heterocycles. The van der Waals surface area contributed by atoms with Crippen molar-refractivity contribution >= 4 is 39.2 Å². The summed E-state index contributed by atoms with van der Waals surface area (Å²) in [6.07, 6.45) is 1.49. The minimum Gasteiger partial charge on any atom is -0.467 e. The summed E-state index contributed by atoms with van der Waals surface area (Å²) < 4.78 is 33.8. The fourth-order valence-electron chi connectivity index (χ4n) is 2.55. The van der Waals surface area contributed by atoms with E-state index in [-0.39, 0.29) is 28.7 Å². The third-order valence-corrected chi connectivity index (χ3v) is 5.45.